The van der Waals surface area contributed by atoms with E-state index < -0.39 is 0 Å². The number of benzene rings is 2. The Hall–Kier alpha value is -3.50. The smallest absolute Gasteiger partial charge is 0.243 e. The number of carbonyl (C=O) groups is 1. The van der Waals surface area contributed by atoms with Crippen LogP contribution in [0.15, 0.2) is 103 Å². The maximum atomic E-state index is 12.1. The normalized spacial score (nSPS) is 10.3. The third-order valence-corrected chi connectivity index (χ3v) is 4.59. The summed E-state index contributed by atoms with van der Waals surface area (Å²) in [5.74, 6) is -0.0666. The SMILES string of the molecule is O.O=C(/C=C/C=C(c1ccccc1)c1ccccc1)NCCCCc1cccnc1. The van der Waals surface area contributed by atoms with Crippen molar-refractivity contribution in [1.82, 2.24) is 10.3 Å². The van der Waals surface area contributed by atoms with E-state index in [0.29, 0.717) is 6.54 Å². The van der Waals surface area contributed by atoms with E-state index in [1.165, 1.54) is 5.56 Å². The van der Waals surface area contributed by atoms with Gasteiger partial charge in [-0.15, -0.1) is 0 Å². The van der Waals surface area contributed by atoms with E-state index in [1.807, 2.05) is 60.8 Å². The number of carbonyl (C=O) groups excluding carboxylic acids is 1. The van der Waals surface area contributed by atoms with Crippen LogP contribution in [0.3, 0.4) is 0 Å². The minimum absolute atomic E-state index is 0. The van der Waals surface area contributed by atoms with Crippen molar-refractivity contribution >= 4 is 11.5 Å². The van der Waals surface area contributed by atoms with Gasteiger partial charge in [-0.25, -0.2) is 0 Å². The van der Waals surface area contributed by atoms with Crippen molar-refractivity contribution in [1.29, 1.82) is 0 Å². The van der Waals surface area contributed by atoms with Gasteiger partial charge >= 0.3 is 0 Å². The predicted molar refractivity (Wildman–Crippen MR) is 123 cm³/mol. The van der Waals surface area contributed by atoms with E-state index in [4.69, 9.17) is 0 Å². The number of rotatable bonds is 9. The molecule has 1 amide bonds. The molecule has 1 aromatic heterocycles. The number of aryl methyl sites for hydroxylation is 1. The van der Waals surface area contributed by atoms with Crippen LogP contribution < -0.4 is 5.32 Å². The zero-order chi connectivity index (χ0) is 20.2. The lowest BCUT2D eigenvalue weighted by Gasteiger charge is -2.07. The standard InChI is InChI=1S/C26H26N2O.H2O/c29-26(28-20-8-7-11-22-12-10-19-27-21-22)18-9-17-25(23-13-3-1-4-14-23)24-15-5-2-6-16-24;/h1-6,9-10,12-19,21H,7-8,11,20H2,(H,28,29);1H2/b18-9+;. The van der Waals surface area contributed by atoms with Crippen LogP contribution in [0.2, 0.25) is 0 Å². The minimum Gasteiger partial charge on any atom is -0.412 e. The van der Waals surface area contributed by atoms with Crippen LogP contribution in [0.25, 0.3) is 5.57 Å². The number of nitrogens with zero attached hydrogens (tertiary/aromatic N) is 1. The van der Waals surface area contributed by atoms with Crippen LogP contribution in [0.1, 0.15) is 29.5 Å². The molecule has 4 heteroatoms. The minimum atomic E-state index is -0.0666. The van der Waals surface area contributed by atoms with Gasteiger partial charge in [-0.05, 0) is 47.6 Å². The fourth-order valence-corrected chi connectivity index (χ4v) is 3.10. The molecule has 3 N–H and O–H groups in total. The molecule has 3 rings (SSSR count). The Morgan fingerprint density at radius 3 is 2.13 bits per heavy atom. The van der Waals surface area contributed by atoms with Gasteiger partial charge in [0.2, 0.25) is 5.91 Å². The zero-order valence-corrected chi connectivity index (χ0v) is 17.0. The molecule has 0 atom stereocenters. The maximum Gasteiger partial charge on any atom is 0.243 e. The number of unbranched alkanes of at least 4 members (excludes halogenated alkanes) is 1. The Balaban J connectivity index is 0.00000320. The summed E-state index contributed by atoms with van der Waals surface area (Å²) in [6.07, 6.45) is 12.0. The van der Waals surface area contributed by atoms with Gasteiger partial charge in [0.1, 0.15) is 0 Å². The number of allylic oxidation sites excluding steroid dienone is 2. The maximum absolute atomic E-state index is 12.1. The molecule has 30 heavy (non-hydrogen) atoms. The highest BCUT2D eigenvalue weighted by atomic mass is 16.1. The molecule has 0 spiro atoms. The topological polar surface area (TPSA) is 73.5 Å². The molecule has 0 aliphatic rings. The number of amides is 1. The molecule has 0 saturated carbocycles. The first-order valence-corrected chi connectivity index (χ1v) is 9.99. The molecule has 3 aromatic rings. The molecule has 1 heterocycles. The second kappa shape index (κ2) is 12.9. The lowest BCUT2D eigenvalue weighted by atomic mass is 9.97. The first-order valence-electron chi connectivity index (χ1n) is 9.99. The Kier molecular flexibility index (Phi) is 9.77. The van der Waals surface area contributed by atoms with E-state index in [2.05, 4.69) is 40.6 Å². The molecule has 0 bridgehead atoms. The molecular formula is C26H28N2O2. The van der Waals surface area contributed by atoms with E-state index in [-0.39, 0.29) is 11.4 Å². The molecule has 0 saturated heterocycles. The molecule has 0 unspecified atom stereocenters. The first-order chi connectivity index (χ1) is 14.3. The highest BCUT2D eigenvalue weighted by Gasteiger charge is 2.03. The van der Waals surface area contributed by atoms with Gasteiger partial charge < -0.3 is 10.8 Å². The molecule has 0 aliphatic carbocycles. The van der Waals surface area contributed by atoms with Crippen molar-refractivity contribution in [3.63, 3.8) is 0 Å². The quantitative estimate of drug-likeness (QED) is 0.329. The van der Waals surface area contributed by atoms with Gasteiger partial charge in [-0.2, -0.15) is 0 Å². The molecule has 4 nitrogen and oxygen atoms in total. The highest BCUT2D eigenvalue weighted by Crippen LogP contribution is 2.23. The van der Waals surface area contributed by atoms with Crippen LogP contribution in [-0.4, -0.2) is 22.9 Å². The fourth-order valence-electron chi connectivity index (χ4n) is 3.10. The van der Waals surface area contributed by atoms with Crippen LogP contribution in [-0.2, 0) is 11.2 Å². The average Bonchev–Trinajstić information content (AvgIpc) is 2.78. The van der Waals surface area contributed by atoms with Crippen molar-refractivity contribution < 1.29 is 10.3 Å². The van der Waals surface area contributed by atoms with Gasteiger partial charge in [0, 0.05) is 25.0 Å². The molecular weight excluding hydrogens is 372 g/mol. The van der Waals surface area contributed by atoms with Crippen LogP contribution in [0.4, 0.5) is 0 Å². The largest absolute Gasteiger partial charge is 0.412 e. The summed E-state index contributed by atoms with van der Waals surface area (Å²) >= 11 is 0. The van der Waals surface area contributed by atoms with Crippen molar-refractivity contribution in [2.75, 3.05) is 6.54 Å². The van der Waals surface area contributed by atoms with Gasteiger partial charge in [-0.3, -0.25) is 9.78 Å². The monoisotopic (exact) mass is 400 g/mol. The summed E-state index contributed by atoms with van der Waals surface area (Å²) in [6, 6.07) is 24.4. The fraction of sp³-hybridized carbons (Fsp3) is 0.154. The third-order valence-electron chi connectivity index (χ3n) is 4.59. The van der Waals surface area contributed by atoms with Crippen LogP contribution in [0, 0.1) is 0 Å². The number of nitrogens with one attached hydrogen (secondary N) is 1. The Morgan fingerprint density at radius 1 is 0.867 bits per heavy atom. The first kappa shape index (κ1) is 22.8. The summed E-state index contributed by atoms with van der Waals surface area (Å²) in [5.41, 5.74) is 4.57. The van der Waals surface area contributed by atoms with E-state index in [0.717, 1.165) is 36.0 Å². The van der Waals surface area contributed by atoms with Crippen molar-refractivity contribution in [2.24, 2.45) is 0 Å². The highest BCUT2D eigenvalue weighted by molar-refractivity contribution is 5.88. The second-order valence-corrected chi connectivity index (χ2v) is 6.78. The number of aromatic nitrogens is 1. The Labute approximate surface area is 178 Å². The molecule has 0 aliphatic heterocycles. The van der Waals surface area contributed by atoms with Gasteiger partial charge in [0.05, 0.1) is 0 Å². The summed E-state index contributed by atoms with van der Waals surface area (Å²) in [5, 5.41) is 2.95. The van der Waals surface area contributed by atoms with Crippen molar-refractivity contribution in [2.45, 2.75) is 19.3 Å². The number of hydrogen-bond donors (Lipinski definition) is 1. The van der Waals surface area contributed by atoms with Crippen LogP contribution in [0.5, 0.6) is 0 Å². The molecule has 0 radical (unpaired) electrons. The van der Waals surface area contributed by atoms with Gasteiger partial charge in [0.25, 0.3) is 0 Å². The Bertz CT molecular complexity index is 895. The summed E-state index contributed by atoms with van der Waals surface area (Å²) in [7, 11) is 0. The lowest BCUT2D eigenvalue weighted by Crippen LogP contribution is -2.22. The summed E-state index contributed by atoms with van der Waals surface area (Å²) < 4.78 is 0. The number of hydrogen-bond acceptors (Lipinski definition) is 2. The number of pyridine rings is 1. The van der Waals surface area contributed by atoms with Crippen molar-refractivity contribution in [3.8, 4) is 0 Å². The van der Waals surface area contributed by atoms with Crippen molar-refractivity contribution in [3.05, 3.63) is 120 Å². The third kappa shape index (κ3) is 7.49. The zero-order valence-electron chi connectivity index (χ0n) is 17.0. The summed E-state index contributed by atoms with van der Waals surface area (Å²) in [4.78, 5) is 16.2. The molecule has 2 aromatic carbocycles. The average molecular weight is 401 g/mol. The van der Waals surface area contributed by atoms with E-state index in [1.54, 1.807) is 12.3 Å². The van der Waals surface area contributed by atoms with E-state index >= 15 is 0 Å². The van der Waals surface area contributed by atoms with Gasteiger partial charge in [0.15, 0.2) is 0 Å². The lowest BCUT2D eigenvalue weighted by molar-refractivity contribution is -0.116. The second-order valence-electron chi connectivity index (χ2n) is 6.78. The predicted octanol–water partition coefficient (Wildman–Crippen LogP) is 4.38. The van der Waals surface area contributed by atoms with Crippen LogP contribution >= 0.6 is 0 Å². The summed E-state index contributed by atoms with van der Waals surface area (Å²) in [6.45, 7) is 0.678. The van der Waals surface area contributed by atoms with Gasteiger partial charge in [-0.1, -0.05) is 78.9 Å². The molecule has 0 fully saturated rings. The Morgan fingerprint density at radius 2 is 1.53 bits per heavy atom. The van der Waals surface area contributed by atoms with E-state index in [9.17, 15) is 4.79 Å². The molecule has 154 valence electrons.